The number of benzene rings is 1. The highest BCUT2D eigenvalue weighted by Gasteiger charge is 2.01. The van der Waals surface area contributed by atoms with Gasteiger partial charge in [-0.2, -0.15) is 0 Å². The zero-order valence-corrected chi connectivity index (χ0v) is 12.4. The summed E-state index contributed by atoms with van der Waals surface area (Å²) in [5.74, 6) is 1.44. The van der Waals surface area contributed by atoms with Crippen molar-refractivity contribution in [3.63, 3.8) is 0 Å². The van der Waals surface area contributed by atoms with E-state index in [9.17, 15) is 4.79 Å². The molecule has 0 fully saturated rings. The zero-order chi connectivity index (χ0) is 15.6. The molecule has 0 atom stereocenters. The quantitative estimate of drug-likeness (QED) is 0.767. The van der Waals surface area contributed by atoms with Crippen LogP contribution >= 0.6 is 0 Å². The average Bonchev–Trinajstić information content (AvgIpc) is 2.58. The zero-order valence-electron chi connectivity index (χ0n) is 12.4. The van der Waals surface area contributed by atoms with Crippen LogP contribution in [-0.2, 0) is 6.54 Å². The van der Waals surface area contributed by atoms with Crippen LogP contribution < -0.4 is 20.1 Å². The molecule has 1 aromatic carbocycles. The standard InChI is InChI=1S/C16H19N3O3/c1-21-14-5-2-6-15(10-14)22-9-8-18-16(20)19-12-13-4-3-7-17-11-13/h2-7,10-11H,8-9,12H2,1H3,(H2,18,19,20). The molecule has 2 amide bonds. The van der Waals surface area contributed by atoms with E-state index in [0.29, 0.717) is 25.4 Å². The number of urea groups is 1. The molecule has 0 aliphatic carbocycles. The lowest BCUT2D eigenvalue weighted by Crippen LogP contribution is -2.37. The molecule has 116 valence electrons. The van der Waals surface area contributed by atoms with Crippen molar-refractivity contribution in [3.8, 4) is 11.5 Å². The highest BCUT2D eigenvalue weighted by atomic mass is 16.5. The molecular formula is C16H19N3O3. The van der Waals surface area contributed by atoms with E-state index in [0.717, 1.165) is 11.3 Å². The van der Waals surface area contributed by atoms with Crippen molar-refractivity contribution in [2.45, 2.75) is 6.54 Å². The number of methoxy groups -OCH3 is 1. The number of hydrogen-bond acceptors (Lipinski definition) is 4. The lowest BCUT2D eigenvalue weighted by atomic mass is 10.3. The van der Waals surface area contributed by atoms with Gasteiger partial charge in [-0.25, -0.2) is 4.79 Å². The van der Waals surface area contributed by atoms with Crippen LogP contribution in [0.5, 0.6) is 11.5 Å². The topological polar surface area (TPSA) is 72.5 Å². The number of nitrogens with one attached hydrogen (secondary N) is 2. The molecule has 6 nitrogen and oxygen atoms in total. The van der Waals surface area contributed by atoms with E-state index in [4.69, 9.17) is 9.47 Å². The number of nitrogens with zero attached hydrogens (tertiary/aromatic N) is 1. The molecule has 2 rings (SSSR count). The third-order valence-corrected chi connectivity index (χ3v) is 2.87. The molecule has 6 heteroatoms. The second-order valence-corrected chi connectivity index (χ2v) is 4.50. The largest absolute Gasteiger partial charge is 0.497 e. The summed E-state index contributed by atoms with van der Waals surface area (Å²) in [6.45, 7) is 1.24. The number of amides is 2. The van der Waals surface area contributed by atoms with Crippen molar-refractivity contribution in [2.24, 2.45) is 0 Å². The fourth-order valence-corrected chi connectivity index (χ4v) is 1.77. The van der Waals surface area contributed by atoms with E-state index in [1.54, 1.807) is 25.6 Å². The third kappa shape index (κ3) is 5.32. The molecule has 2 N–H and O–H groups in total. The Morgan fingerprint density at radius 1 is 1.18 bits per heavy atom. The van der Waals surface area contributed by atoms with Gasteiger partial charge in [0.25, 0.3) is 0 Å². The monoisotopic (exact) mass is 301 g/mol. The summed E-state index contributed by atoms with van der Waals surface area (Å²) in [5, 5.41) is 5.48. The number of carbonyl (C=O) groups excluding carboxylic acids is 1. The smallest absolute Gasteiger partial charge is 0.315 e. The van der Waals surface area contributed by atoms with Gasteiger partial charge in [-0.05, 0) is 23.8 Å². The van der Waals surface area contributed by atoms with Crippen molar-refractivity contribution in [1.29, 1.82) is 0 Å². The van der Waals surface area contributed by atoms with Gasteiger partial charge in [0.15, 0.2) is 0 Å². The van der Waals surface area contributed by atoms with Gasteiger partial charge in [-0.15, -0.1) is 0 Å². The second-order valence-electron chi connectivity index (χ2n) is 4.50. The summed E-state index contributed by atoms with van der Waals surface area (Å²) in [7, 11) is 1.60. The summed E-state index contributed by atoms with van der Waals surface area (Å²) < 4.78 is 10.6. The molecule has 0 radical (unpaired) electrons. The molecule has 0 bridgehead atoms. The molecular weight excluding hydrogens is 282 g/mol. The van der Waals surface area contributed by atoms with Crippen molar-refractivity contribution in [2.75, 3.05) is 20.3 Å². The number of hydrogen-bond donors (Lipinski definition) is 2. The Morgan fingerprint density at radius 3 is 2.82 bits per heavy atom. The van der Waals surface area contributed by atoms with Gasteiger partial charge in [0.2, 0.25) is 0 Å². The van der Waals surface area contributed by atoms with Gasteiger partial charge in [0, 0.05) is 25.0 Å². The van der Waals surface area contributed by atoms with Crippen LogP contribution in [0.2, 0.25) is 0 Å². The van der Waals surface area contributed by atoms with Gasteiger partial charge in [0.1, 0.15) is 18.1 Å². The number of pyridine rings is 1. The van der Waals surface area contributed by atoms with Crippen LogP contribution in [-0.4, -0.2) is 31.3 Å². The molecule has 1 heterocycles. The first-order valence-electron chi connectivity index (χ1n) is 6.95. The molecule has 0 spiro atoms. The molecule has 1 aromatic heterocycles. The first kappa shape index (κ1) is 15.6. The third-order valence-electron chi connectivity index (χ3n) is 2.87. The summed E-state index contributed by atoms with van der Waals surface area (Å²) in [6.07, 6.45) is 3.41. The van der Waals surface area contributed by atoms with Gasteiger partial charge >= 0.3 is 6.03 Å². The maximum Gasteiger partial charge on any atom is 0.315 e. The number of carbonyl (C=O) groups is 1. The Hall–Kier alpha value is -2.76. The maximum atomic E-state index is 11.6. The van der Waals surface area contributed by atoms with Gasteiger partial charge in [0.05, 0.1) is 13.7 Å². The van der Waals surface area contributed by atoms with Crippen molar-refractivity contribution in [1.82, 2.24) is 15.6 Å². The first-order valence-corrected chi connectivity index (χ1v) is 6.95. The van der Waals surface area contributed by atoms with Gasteiger partial charge < -0.3 is 20.1 Å². The number of aromatic nitrogens is 1. The minimum absolute atomic E-state index is 0.238. The van der Waals surface area contributed by atoms with Crippen LogP contribution in [0.4, 0.5) is 4.79 Å². The van der Waals surface area contributed by atoms with E-state index in [-0.39, 0.29) is 6.03 Å². The van der Waals surface area contributed by atoms with E-state index in [1.807, 2.05) is 30.3 Å². The summed E-state index contributed by atoms with van der Waals surface area (Å²) in [5.41, 5.74) is 0.949. The van der Waals surface area contributed by atoms with Crippen LogP contribution in [0.15, 0.2) is 48.8 Å². The van der Waals surface area contributed by atoms with E-state index >= 15 is 0 Å². The van der Waals surface area contributed by atoms with Crippen LogP contribution in [0.1, 0.15) is 5.56 Å². The predicted octanol–water partition coefficient (Wildman–Crippen LogP) is 1.97. The molecule has 0 aliphatic rings. The summed E-state index contributed by atoms with van der Waals surface area (Å²) >= 11 is 0. The Bertz CT molecular complexity index is 590. The van der Waals surface area contributed by atoms with Gasteiger partial charge in [-0.3, -0.25) is 4.98 Å². The predicted molar refractivity (Wildman–Crippen MR) is 83.0 cm³/mol. The Balaban J connectivity index is 1.62. The SMILES string of the molecule is COc1cccc(OCCNC(=O)NCc2cccnc2)c1. The Morgan fingerprint density at radius 2 is 2.05 bits per heavy atom. The number of rotatable bonds is 7. The van der Waals surface area contributed by atoms with E-state index < -0.39 is 0 Å². The minimum Gasteiger partial charge on any atom is -0.497 e. The lowest BCUT2D eigenvalue weighted by Gasteiger charge is -2.09. The normalized spacial score (nSPS) is 9.86. The summed E-state index contributed by atoms with van der Waals surface area (Å²) in [6, 6.07) is 10.8. The average molecular weight is 301 g/mol. The lowest BCUT2D eigenvalue weighted by molar-refractivity contribution is 0.236. The molecule has 0 unspecified atom stereocenters. The van der Waals surface area contributed by atoms with E-state index in [1.165, 1.54) is 0 Å². The van der Waals surface area contributed by atoms with Crippen molar-refractivity contribution >= 4 is 6.03 Å². The Kier molecular flexibility index (Phi) is 6.04. The molecule has 22 heavy (non-hydrogen) atoms. The first-order chi connectivity index (χ1) is 10.8. The van der Waals surface area contributed by atoms with Crippen LogP contribution in [0, 0.1) is 0 Å². The Labute approximate surface area is 129 Å². The second kappa shape index (κ2) is 8.51. The van der Waals surface area contributed by atoms with E-state index in [2.05, 4.69) is 15.6 Å². The van der Waals surface area contributed by atoms with Crippen molar-refractivity contribution < 1.29 is 14.3 Å². The summed E-state index contributed by atoms with van der Waals surface area (Å²) in [4.78, 5) is 15.6. The molecule has 0 saturated carbocycles. The maximum absolute atomic E-state index is 11.6. The van der Waals surface area contributed by atoms with Crippen molar-refractivity contribution in [3.05, 3.63) is 54.4 Å². The molecule has 0 aliphatic heterocycles. The molecule has 2 aromatic rings. The van der Waals surface area contributed by atoms with Crippen LogP contribution in [0.3, 0.4) is 0 Å². The highest BCUT2D eigenvalue weighted by molar-refractivity contribution is 5.73. The highest BCUT2D eigenvalue weighted by Crippen LogP contribution is 2.18. The van der Waals surface area contributed by atoms with Gasteiger partial charge in [-0.1, -0.05) is 12.1 Å². The fraction of sp³-hybridized carbons (Fsp3) is 0.250. The van der Waals surface area contributed by atoms with Crippen LogP contribution in [0.25, 0.3) is 0 Å². The molecule has 0 saturated heterocycles. The fourth-order valence-electron chi connectivity index (χ4n) is 1.77. The number of ether oxygens (including phenoxy) is 2. The minimum atomic E-state index is -0.238.